The molecule has 0 N–H and O–H groups in total. The molecule has 1 aromatic rings. The summed E-state index contributed by atoms with van der Waals surface area (Å²) in [6.45, 7) is 6.68. The minimum absolute atomic E-state index is 0.0578. The van der Waals surface area contributed by atoms with Gasteiger partial charge < -0.3 is 0 Å². The van der Waals surface area contributed by atoms with Crippen molar-refractivity contribution in [2.45, 2.75) is 57.6 Å². The van der Waals surface area contributed by atoms with E-state index in [1.54, 1.807) is 0 Å². The monoisotopic (exact) mass is 236 g/mol. The van der Waals surface area contributed by atoms with Crippen LogP contribution in [0.5, 0.6) is 0 Å². The summed E-state index contributed by atoms with van der Waals surface area (Å²) in [5.41, 5.74) is 2.84. The van der Waals surface area contributed by atoms with Gasteiger partial charge in [0.25, 0.3) is 0 Å². The smallest absolute Gasteiger partial charge is 0.0373 e. The average molecular weight is 236 g/mol. The second-order valence-corrected chi connectivity index (χ2v) is 5.40. The van der Waals surface area contributed by atoms with E-state index in [-0.39, 0.29) is 4.75 Å². The molecule has 1 heteroatoms. The van der Waals surface area contributed by atoms with Crippen molar-refractivity contribution in [1.82, 2.24) is 0 Å². The van der Waals surface area contributed by atoms with Gasteiger partial charge >= 0.3 is 0 Å². The van der Waals surface area contributed by atoms with Gasteiger partial charge in [0.15, 0.2) is 0 Å². The zero-order chi connectivity index (χ0) is 12.0. The predicted molar refractivity (Wildman–Crippen MR) is 76.3 cm³/mol. The molecule has 0 fully saturated rings. The molecule has 1 aromatic carbocycles. The Balaban J connectivity index is 2.88. The minimum atomic E-state index is 0.0578. The number of benzene rings is 1. The van der Waals surface area contributed by atoms with Gasteiger partial charge in [-0.15, -0.1) is 0 Å². The highest BCUT2D eigenvalue weighted by Crippen LogP contribution is 2.35. The van der Waals surface area contributed by atoms with Gasteiger partial charge in [0, 0.05) is 4.75 Å². The summed E-state index contributed by atoms with van der Waals surface area (Å²) in [5.74, 6) is 0. The Morgan fingerprint density at radius 2 is 1.81 bits per heavy atom. The van der Waals surface area contributed by atoms with Crippen molar-refractivity contribution in [1.29, 1.82) is 0 Å². The molecule has 0 aliphatic rings. The Morgan fingerprint density at radius 3 is 2.38 bits per heavy atom. The lowest BCUT2D eigenvalue weighted by Gasteiger charge is -2.26. The average Bonchev–Trinajstić information content (AvgIpc) is 2.35. The summed E-state index contributed by atoms with van der Waals surface area (Å²) < 4.78 is 0.0578. The maximum atomic E-state index is 4.85. The first-order valence-electron chi connectivity index (χ1n) is 6.48. The van der Waals surface area contributed by atoms with Crippen LogP contribution in [0.15, 0.2) is 24.3 Å². The number of unbranched alkanes of at least 4 members (excludes halogenated alkanes) is 1. The Kier molecular flexibility index (Phi) is 5.40. The first kappa shape index (κ1) is 13.6. The molecule has 0 aliphatic heterocycles. The van der Waals surface area contributed by atoms with Crippen molar-refractivity contribution in [2.24, 2.45) is 0 Å². The van der Waals surface area contributed by atoms with Gasteiger partial charge in [0.1, 0.15) is 0 Å². The highest BCUT2D eigenvalue weighted by Gasteiger charge is 2.23. The number of hydrogen-bond acceptors (Lipinski definition) is 1. The van der Waals surface area contributed by atoms with E-state index < -0.39 is 0 Å². The van der Waals surface area contributed by atoms with Crippen LogP contribution in [0.4, 0.5) is 0 Å². The van der Waals surface area contributed by atoms with E-state index in [1.165, 1.54) is 30.4 Å². The van der Waals surface area contributed by atoms with E-state index in [0.29, 0.717) is 0 Å². The van der Waals surface area contributed by atoms with Crippen LogP contribution in [0.3, 0.4) is 0 Å². The summed E-state index contributed by atoms with van der Waals surface area (Å²) >= 11 is 4.85. The first-order chi connectivity index (χ1) is 7.66. The molecule has 0 aromatic heterocycles. The van der Waals surface area contributed by atoms with Crippen LogP contribution in [0.2, 0.25) is 0 Å². The third kappa shape index (κ3) is 3.28. The number of rotatable bonds is 6. The van der Waals surface area contributed by atoms with E-state index in [4.69, 9.17) is 12.6 Å². The normalized spacial score (nSPS) is 11.8. The molecule has 16 heavy (non-hydrogen) atoms. The summed E-state index contributed by atoms with van der Waals surface area (Å²) in [4.78, 5) is 0. The van der Waals surface area contributed by atoms with Gasteiger partial charge in [-0.1, -0.05) is 51.5 Å². The molecule has 0 amide bonds. The van der Waals surface area contributed by atoms with Crippen molar-refractivity contribution in [3.8, 4) is 0 Å². The third-order valence-corrected chi connectivity index (χ3v) is 4.34. The van der Waals surface area contributed by atoms with Crippen molar-refractivity contribution >= 4 is 12.6 Å². The van der Waals surface area contributed by atoms with Gasteiger partial charge in [-0.2, -0.15) is 12.6 Å². The Morgan fingerprint density at radius 1 is 1.12 bits per heavy atom. The van der Waals surface area contributed by atoms with Crippen LogP contribution in [0.1, 0.15) is 57.6 Å². The van der Waals surface area contributed by atoms with Crippen molar-refractivity contribution < 1.29 is 0 Å². The largest absolute Gasteiger partial charge is 0.168 e. The molecule has 0 unspecified atom stereocenters. The molecule has 0 radical (unpaired) electrons. The fourth-order valence-corrected chi connectivity index (χ4v) is 2.19. The minimum Gasteiger partial charge on any atom is -0.168 e. The lowest BCUT2D eigenvalue weighted by molar-refractivity contribution is 0.584. The summed E-state index contributed by atoms with van der Waals surface area (Å²) in [5, 5.41) is 0. The topological polar surface area (TPSA) is 0 Å². The molecule has 0 bridgehead atoms. The van der Waals surface area contributed by atoms with E-state index in [0.717, 1.165) is 12.8 Å². The second-order valence-electron chi connectivity index (χ2n) is 4.54. The molecule has 0 saturated carbocycles. The second kappa shape index (κ2) is 6.34. The van der Waals surface area contributed by atoms with E-state index in [1.807, 2.05) is 0 Å². The van der Waals surface area contributed by atoms with Gasteiger partial charge in [-0.25, -0.2) is 0 Å². The molecule has 0 heterocycles. The molecule has 90 valence electrons. The molecule has 0 atom stereocenters. The molecule has 0 nitrogen and oxygen atoms in total. The molecule has 0 spiro atoms. The zero-order valence-corrected chi connectivity index (χ0v) is 11.7. The van der Waals surface area contributed by atoms with Crippen LogP contribution in [0, 0.1) is 0 Å². The van der Waals surface area contributed by atoms with Crippen LogP contribution >= 0.6 is 12.6 Å². The van der Waals surface area contributed by atoms with Gasteiger partial charge in [-0.05, 0) is 36.8 Å². The summed E-state index contributed by atoms with van der Waals surface area (Å²) in [6.07, 6.45) is 5.91. The number of thiol groups is 1. The van der Waals surface area contributed by atoms with Crippen molar-refractivity contribution in [3.05, 3.63) is 35.4 Å². The van der Waals surface area contributed by atoms with Gasteiger partial charge in [0.2, 0.25) is 0 Å². The Hall–Kier alpha value is -0.430. The lowest BCUT2D eigenvalue weighted by Crippen LogP contribution is -2.16. The third-order valence-electron chi connectivity index (χ3n) is 3.45. The zero-order valence-electron chi connectivity index (χ0n) is 10.8. The highest BCUT2D eigenvalue weighted by atomic mass is 32.1. The first-order valence-corrected chi connectivity index (χ1v) is 6.92. The van der Waals surface area contributed by atoms with Crippen molar-refractivity contribution in [3.63, 3.8) is 0 Å². The maximum absolute atomic E-state index is 4.85. The lowest BCUT2D eigenvalue weighted by atomic mass is 9.91. The van der Waals surface area contributed by atoms with Gasteiger partial charge in [-0.3, -0.25) is 0 Å². The number of hydrogen-bond donors (Lipinski definition) is 1. The molecule has 0 aliphatic carbocycles. The predicted octanol–water partition coefficient (Wildman–Crippen LogP) is 4.97. The van der Waals surface area contributed by atoms with E-state index >= 15 is 0 Å². The van der Waals surface area contributed by atoms with Crippen LogP contribution in [-0.2, 0) is 11.2 Å². The Bertz CT molecular complexity index is 313. The van der Waals surface area contributed by atoms with E-state index in [9.17, 15) is 0 Å². The van der Waals surface area contributed by atoms with Crippen LogP contribution in [-0.4, -0.2) is 0 Å². The van der Waals surface area contributed by atoms with Gasteiger partial charge in [0.05, 0.1) is 0 Å². The SMILES string of the molecule is CCCCc1cccc(C(S)(CC)CC)c1. The fraction of sp³-hybridized carbons (Fsp3) is 0.600. The molecule has 1 rings (SSSR count). The maximum Gasteiger partial charge on any atom is 0.0373 e. The van der Waals surface area contributed by atoms with Crippen LogP contribution < -0.4 is 0 Å². The molecular weight excluding hydrogens is 212 g/mol. The fourth-order valence-electron chi connectivity index (χ4n) is 2.06. The quantitative estimate of drug-likeness (QED) is 0.662. The van der Waals surface area contributed by atoms with Crippen molar-refractivity contribution in [2.75, 3.05) is 0 Å². The molecule has 0 saturated heterocycles. The van der Waals surface area contributed by atoms with Crippen LogP contribution in [0.25, 0.3) is 0 Å². The van der Waals surface area contributed by atoms with E-state index in [2.05, 4.69) is 45.0 Å². The summed E-state index contributed by atoms with van der Waals surface area (Å²) in [7, 11) is 0. The molecular formula is C15H24S. The number of aryl methyl sites for hydroxylation is 1. The standard InChI is InChI=1S/C15H24S/c1-4-7-9-13-10-8-11-14(12-13)15(16,5-2)6-3/h8,10-12,16H,4-7,9H2,1-3H3. The Labute approximate surface area is 106 Å². The highest BCUT2D eigenvalue weighted by molar-refractivity contribution is 7.81. The summed E-state index contributed by atoms with van der Waals surface area (Å²) in [6, 6.07) is 8.97.